The summed E-state index contributed by atoms with van der Waals surface area (Å²) in [6.45, 7) is 0.886. The van der Waals surface area contributed by atoms with Crippen LogP contribution in [-0.2, 0) is 11.3 Å². The van der Waals surface area contributed by atoms with Crippen LogP contribution in [0.15, 0.2) is 17.6 Å². The topological polar surface area (TPSA) is 110 Å². The molecule has 0 aromatic carbocycles. The van der Waals surface area contributed by atoms with Crippen LogP contribution in [-0.4, -0.2) is 39.0 Å². The number of carboxylic acid groups (broad SMARTS) is 1. The number of nitrogens with one attached hydrogen (secondary N) is 1. The van der Waals surface area contributed by atoms with Crippen molar-refractivity contribution in [2.24, 2.45) is 5.73 Å². The van der Waals surface area contributed by atoms with E-state index in [4.69, 9.17) is 10.8 Å². The first-order chi connectivity index (χ1) is 7.59. The highest BCUT2D eigenvalue weighted by atomic mass is 32.2. The number of urea groups is 1. The SMILES string of the molecule is NC(=O)NCCn1ccnc1SCC(=O)O. The molecule has 0 aliphatic rings. The molecule has 0 saturated carbocycles. The summed E-state index contributed by atoms with van der Waals surface area (Å²) in [5.74, 6) is -0.935. The van der Waals surface area contributed by atoms with Crippen LogP contribution in [0.4, 0.5) is 4.79 Å². The number of imidazole rings is 1. The van der Waals surface area contributed by atoms with E-state index in [0.717, 1.165) is 11.8 Å². The quantitative estimate of drug-likeness (QED) is 0.596. The average molecular weight is 244 g/mol. The Balaban J connectivity index is 2.43. The van der Waals surface area contributed by atoms with Gasteiger partial charge in [0, 0.05) is 25.5 Å². The molecule has 0 atom stereocenters. The van der Waals surface area contributed by atoms with Crippen LogP contribution in [0.1, 0.15) is 0 Å². The zero-order valence-electron chi connectivity index (χ0n) is 8.42. The van der Waals surface area contributed by atoms with E-state index >= 15 is 0 Å². The Morgan fingerprint density at radius 1 is 1.62 bits per heavy atom. The fourth-order valence-electron chi connectivity index (χ4n) is 1.03. The Hall–Kier alpha value is -1.70. The predicted octanol–water partition coefficient (Wildman–Crippen LogP) is -0.272. The van der Waals surface area contributed by atoms with Crippen LogP contribution < -0.4 is 11.1 Å². The minimum Gasteiger partial charge on any atom is -0.481 e. The Morgan fingerprint density at radius 3 is 3.00 bits per heavy atom. The molecule has 0 aliphatic heterocycles. The first kappa shape index (κ1) is 12.4. The fourth-order valence-corrected chi connectivity index (χ4v) is 1.74. The molecule has 4 N–H and O–H groups in total. The number of hydrogen-bond acceptors (Lipinski definition) is 4. The largest absolute Gasteiger partial charge is 0.481 e. The number of thioether (sulfide) groups is 1. The Labute approximate surface area is 96.0 Å². The lowest BCUT2D eigenvalue weighted by Gasteiger charge is -2.06. The first-order valence-electron chi connectivity index (χ1n) is 4.48. The van der Waals surface area contributed by atoms with Crippen LogP contribution >= 0.6 is 11.8 Å². The Kier molecular flexibility index (Phi) is 4.65. The van der Waals surface area contributed by atoms with Gasteiger partial charge in [-0.2, -0.15) is 0 Å². The van der Waals surface area contributed by atoms with Crippen molar-refractivity contribution in [3.8, 4) is 0 Å². The van der Waals surface area contributed by atoms with Crippen molar-refractivity contribution >= 4 is 23.8 Å². The number of nitrogens with two attached hydrogens (primary N) is 1. The summed E-state index contributed by atoms with van der Waals surface area (Å²) in [6.07, 6.45) is 3.29. The van der Waals surface area contributed by atoms with Gasteiger partial charge in [-0.3, -0.25) is 4.79 Å². The molecule has 1 aromatic rings. The third-order valence-corrected chi connectivity index (χ3v) is 2.64. The van der Waals surface area contributed by atoms with Gasteiger partial charge in [0.05, 0.1) is 5.75 Å². The van der Waals surface area contributed by atoms with E-state index in [1.807, 2.05) is 0 Å². The van der Waals surface area contributed by atoms with Crippen molar-refractivity contribution in [1.82, 2.24) is 14.9 Å². The number of aromatic nitrogens is 2. The molecule has 7 nitrogen and oxygen atoms in total. The number of amides is 2. The van der Waals surface area contributed by atoms with E-state index < -0.39 is 12.0 Å². The highest BCUT2D eigenvalue weighted by Crippen LogP contribution is 2.14. The molecular formula is C8H12N4O3S. The van der Waals surface area contributed by atoms with Gasteiger partial charge >= 0.3 is 12.0 Å². The van der Waals surface area contributed by atoms with Gasteiger partial charge in [0.15, 0.2) is 5.16 Å². The summed E-state index contributed by atoms with van der Waals surface area (Å²) in [5, 5.41) is 11.6. The zero-order valence-corrected chi connectivity index (χ0v) is 9.24. The van der Waals surface area contributed by atoms with Gasteiger partial charge in [-0.25, -0.2) is 9.78 Å². The highest BCUT2D eigenvalue weighted by molar-refractivity contribution is 7.99. The standard InChI is InChI=1S/C8H12N4O3S/c9-7(15)10-1-3-12-4-2-11-8(12)16-5-6(13)14/h2,4H,1,3,5H2,(H,13,14)(H3,9,10,15). The lowest BCUT2D eigenvalue weighted by atomic mass is 10.6. The van der Waals surface area contributed by atoms with Gasteiger partial charge in [-0.05, 0) is 0 Å². The summed E-state index contributed by atoms with van der Waals surface area (Å²) in [7, 11) is 0. The zero-order chi connectivity index (χ0) is 12.0. The molecule has 16 heavy (non-hydrogen) atoms. The fraction of sp³-hybridized carbons (Fsp3) is 0.375. The second kappa shape index (κ2) is 6.01. The summed E-state index contributed by atoms with van der Waals surface area (Å²) in [5.41, 5.74) is 4.91. The molecular weight excluding hydrogens is 232 g/mol. The molecule has 1 rings (SSSR count). The normalized spacial score (nSPS) is 10.0. The number of hydrogen-bond donors (Lipinski definition) is 3. The van der Waals surface area contributed by atoms with Gasteiger partial charge in [-0.1, -0.05) is 11.8 Å². The maximum absolute atomic E-state index is 10.4. The smallest absolute Gasteiger partial charge is 0.313 e. The number of aliphatic carboxylic acids is 1. The summed E-state index contributed by atoms with van der Waals surface area (Å²) in [6, 6.07) is -0.583. The van der Waals surface area contributed by atoms with E-state index in [1.54, 1.807) is 17.0 Å². The summed E-state index contributed by atoms with van der Waals surface area (Å²) >= 11 is 1.13. The van der Waals surface area contributed by atoms with Crippen molar-refractivity contribution in [2.45, 2.75) is 11.7 Å². The van der Waals surface area contributed by atoms with Crippen LogP contribution in [0.3, 0.4) is 0 Å². The molecule has 1 heterocycles. The monoisotopic (exact) mass is 244 g/mol. The molecule has 8 heteroatoms. The Bertz CT molecular complexity index is 379. The van der Waals surface area contributed by atoms with E-state index in [9.17, 15) is 9.59 Å². The van der Waals surface area contributed by atoms with E-state index in [-0.39, 0.29) is 5.75 Å². The summed E-state index contributed by atoms with van der Waals surface area (Å²) in [4.78, 5) is 24.8. The number of carbonyl (C=O) groups excluding carboxylic acids is 1. The predicted molar refractivity (Wildman–Crippen MR) is 58.2 cm³/mol. The second-order valence-corrected chi connectivity index (χ2v) is 3.82. The molecule has 0 aliphatic carbocycles. The number of carbonyl (C=O) groups is 2. The van der Waals surface area contributed by atoms with Crippen molar-refractivity contribution in [1.29, 1.82) is 0 Å². The number of rotatable bonds is 6. The maximum Gasteiger partial charge on any atom is 0.313 e. The molecule has 0 unspecified atom stereocenters. The number of nitrogens with zero attached hydrogens (tertiary/aromatic N) is 2. The van der Waals surface area contributed by atoms with Crippen LogP contribution in [0.25, 0.3) is 0 Å². The van der Waals surface area contributed by atoms with Gasteiger partial charge in [0.2, 0.25) is 0 Å². The van der Waals surface area contributed by atoms with E-state index in [1.165, 1.54) is 0 Å². The van der Waals surface area contributed by atoms with Crippen LogP contribution in [0, 0.1) is 0 Å². The second-order valence-electron chi connectivity index (χ2n) is 2.88. The lowest BCUT2D eigenvalue weighted by molar-refractivity contribution is -0.133. The average Bonchev–Trinajstić information content (AvgIpc) is 2.62. The summed E-state index contributed by atoms with van der Waals surface area (Å²) < 4.78 is 1.75. The molecule has 2 amide bonds. The number of carboxylic acids is 1. The molecule has 0 radical (unpaired) electrons. The lowest BCUT2D eigenvalue weighted by Crippen LogP contribution is -2.32. The van der Waals surface area contributed by atoms with Gasteiger partial charge in [-0.15, -0.1) is 0 Å². The van der Waals surface area contributed by atoms with E-state index in [2.05, 4.69) is 10.3 Å². The maximum atomic E-state index is 10.4. The minimum atomic E-state index is -0.894. The minimum absolute atomic E-state index is 0.0414. The van der Waals surface area contributed by atoms with Crippen molar-refractivity contribution in [2.75, 3.05) is 12.3 Å². The van der Waals surface area contributed by atoms with Crippen LogP contribution in [0.2, 0.25) is 0 Å². The molecule has 0 saturated heterocycles. The van der Waals surface area contributed by atoms with Gasteiger partial charge in [0.25, 0.3) is 0 Å². The third kappa shape index (κ3) is 4.22. The van der Waals surface area contributed by atoms with Gasteiger partial charge in [0.1, 0.15) is 0 Å². The third-order valence-electron chi connectivity index (χ3n) is 1.65. The molecule has 88 valence electrons. The molecule has 0 spiro atoms. The van der Waals surface area contributed by atoms with Crippen molar-refractivity contribution in [3.63, 3.8) is 0 Å². The van der Waals surface area contributed by atoms with Gasteiger partial charge < -0.3 is 20.7 Å². The first-order valence-corrected chi connectivity index (χ1v) is 5.47. The van der Waals surface area contributed by atoms with E-state index in [0.29, 0.717) is 18.2 Å². The van der Waals surface area contributed by atoms with Crippen molar-refractivity contribution < 1.29 is 14.7 Å². The highest BCUT2D eigenvalue weighted by Gasteiger charge is 2.06. The van der Waals surface area contributed by atoms with Crippen LogP contribution in [0.5, 0.6) is 0 Å². The number of primary amides is 1. The molecule has 1 aromatic heterocycles. The molecule has 0 bridgehead atoms. The Morgan fingerprint density at radius 2 is 2.38 bits per heavy atom. The van der Waals surface area contributed by atoms with Crippen molar-refractivity contribution in [3.05, 3.63) is 12.4 Å². The molecule has 0 fully saturated rings.